The van der Waals surface area contributed by atoms with Crippen LogP contribution in [0.15, 0.2) is 0 Å². The molecule has 1 aliphatic heterocycles. The lowest BCUT2D eigenvalue weighted by molar-refractivity contribution is -0.159. The smallest absolute Gasteiger partial charge is 0.285 e. The van der Waals surface area contributed by atoms with Gasteiger partial charge < -0.3 is 10.4 Å². The number of carbonyl (C=O) groups excluding carboxylic acids is 1. The number of aliphatic hydroxyl groups is 1. The standard InChI is InChI=1S/C12H22F2N2O2/c1-3-4-6-15-11(18)9(2)16-7-5-10(17)12(13,14)8-16/h9-10,17H,3-8H2,1-2H3,(H,15,18)/t9-,10+/m1/s1. The van der Waals surface area contributed by atoms with Gasteiger partial charge in [0.05, 0.1) is 12.6 Å². The second-order valence-electron chi connectivity index (χ2n) is 4.86. The maximum absolute atomic E-state index is 13.4. The Morgan fingerprint density at radius 3 is 2.83 bits per heavy atom. The number of unbranched alkanes of at least 4 members (excludes halogenated alkanes) is 1. The number of nitrogens with one attached hydrogen (secondary N) is 1. The van der Waals surface area contributed by atoms with Crippen molar-refractivity contribution in [2.45, 2.75) is 51.2 Å². The van der Waals surface area contributed by atoms with Crippen LogP contribution in [0.1, 0.15) is 33.1 Å². The molecule has 0 aromatic carbocycles. The predicted octanol–water partition coefficient (Wildman–Crippen LogP) is 0.993. The van der Waals surface area contributed by atoms with E-state index in [2.05, 4.69) is 5.32 Å². The van der Waals surface area contributed by atoms with E-state index in [0.717, 1.165) is 12.8 Å². The summed E-state index contributed by atoms with van der Waals surface area (Å²) in [5.74, 6) is -3.36. The lowest BCUT2D eigenvalue weighted by atomic mass is 10.0. The Hall–Kier alpha value is -0.750. The van der Waals surface area contributed by atoms with Gasteiger partial charge >= 0.3 is 0 Å². The Morgan fingerprint density at radius 2 is 2.28 bits per heavy atom. The van der Waals surface area contributed by atoms with Crippen molar-refractivity contribution in [2.75, 3.05) is 19.6 Å². The number of amides is 1. The molecule has 1 aliphatic rings. The second-order valence-corrected chi connectivity index (χ2v) is 4.86. The summed E-state index contributed by atoms with van der Waals surface area (Å²) >= 11 is 0. The van der Waals surface area contributed by atoms with E-state index in [0.29, 0.717) is 13.1 Å². The molecule has 1 heterocycles. The second kappa shape index (κ2) is 6.43. The summed E-state index contributed by atoms with van der Waals surface area (Å²) in [7, 11) is 0. The van der Waals surface area contributed by atoms with E-state index < -0.39 is 24.6 Å². The van der Waals surface area contributed by atoms with Gasteiger partial charge in [0.2, 0.25) is 5.91 Å². The SMILES string of the molecule is CCCCNC(=O)[C@@H](C)N1CC[C@H](O)C(F)(F)C1. The molecule has 106 valence electrons. The van der Waals surface area contributed by atoms with Crippen molar-refractivity contribution in [1.29, 1.82) is 0 Å². The van der Waals surface area contributed by atoms with E-state index >= 15 is 0 Å². The Balaban J connectivity index is 2.46. The molecule has 0 aliphatic carbocycles. The van der Waals surface area contributed by atoms with Crippen LogP contribution in [0.2, 0.25) is 0 Å². The maximum atomic E-state index is 13.4. The van der Waals surface area contributed by atoms with Crippen molar-refractivity contribution in [3.8, 4) is 0 Å². The highest BCUT2D eigenvalue weighted by Crippen LogP contribution is 2.28. The van der Waals surface area contributed by atoms with Gasteiger partial charge in [-0.3, -0.25) is 9.69 Å². The Labute approximate surface area is 106 Å². The Morgan fingerprint density at radius 1 is 1.61 bits per heavy atom. The molecule has 1 saturated heterocycles. The molecule has 2 atom stereocenters. The third-order valence-electron chi connectivity index (χ3n) is 3.35. The van der Waals surface area contributed by atoms with Crippen molar-refractivity contribution in [2.24, 2.45) is 0 Å². The van der Waals surface area contributed by atoms with E-state index in [1.54, 1.807) is 6.92 Å². The topological polar surface area (TPSA) is 52.6 Å². The summed E-state index contributed by atoms with van der Waals surface area (Å²) in [4.78, 5) is 13.2. The van der Waals surface area contributed by atoms with Crippen LogP contribution in [-0.2, 0) is 4.79 Å². The van der Waals surface area contributed by atoms with Gasteiger partial charge in [-0.05, 0) is 19.8 Å². The van der Waals surface area contributed by atoms with Gasteiger partial charge in [-0.25, -0.2) is 8.78 Å². The quantitative estimate of drug-likeness (QED) is 0.728. The number of rotatable bonds is 5. The van der Waals surface area contributed by atoms with Gasteiger partial charge in [-0.15, -0.1) is 0 Å². The molecule has 4 nitrogen and oxygen atoms in total. The van der Waals surface area contributed by atoms with E-state index in [4.69, 9.17) is 0 Å². The molecule has 1 rings (SSSR count). The minimum Gasteiger partial charge on any atom is -0.387 e. The van der Waals surface area contributed by atoms with Crippen LogP contribution in [0.25, 0.3) is 0 Å². The van der Waals surface area contributed by atoms with Crippen molar-refractivity contribution >= 4 is 5.91 Å². The lowest BCUT2D eigenvalue weighted by Crippen LogP contribution is -2.57. The van der Waals surface area contributed by atoms with Gasteiger partial charge in [0, 0.05) is 13.1 Å². The highest BCUT2D eigenvalue weighted by Gasteiger charge is 2.45. The summed E-state index contributed by atoms with van der Waals surface area (Å²) in [5, 5.41) is 11.9. The van der Waals surface area contributed by atoms with Crippen LogP contribution in [0.4, 0.5) is 8.78 Å². The van der Waals surface area contributed by atoms with Crippen LogP contribution >= 0.6 is 0 Å². The van der Waals surface area contributed by atoms with Crippen molar-refractivity contribution < 1.29 is 18.7 Å². The van der Waals surface area contributed by atoms with Gasteiger partial charge in [0.15, 0.2) is 0 Å². The average molecular weight is 264 g/mol. The monoisotopic (exact) mass is 264 g/mol. The molecule has 0 unspecified atom stereocenters. The zero-order valence-electron chi connectivity index (χ0n) is 11.0. The first kappa shape index (κ1) is 15.3. The molecule has 0 radical (unpaired) electrons. The fourth-order valence-corrected chi connectivity index (χ4v) is 1.99. The molecule has 0 bridgehead atoms. The molecule has 0 saturated carbocycles. The third-order valence-corrected chi connectivity index (χ3v) is 3.35. The first-order valence-electron chi connectivity index (χ1n) is 6.46. The normalized spacial score (nSPS) is 25.7. The number of piperidine rings is 1. The van der Waals surface area contributed by atoms with E-state index in [-0.39, 0.29) is 12.3 Å². The fourth-order valence-electron chi connectivity index (χ4n) is 1.99. The lowest BCUT2D eigenvalue weighted by Gasteiger charge is -2.38. The van der Waals surface area contributed by atoms with E-state index in [9.17, 15) is 18.7 Å². The largest absolute Gasteiger partial charge is 0.387 e. The highest BCUT2D eigenvalue weighted by molar-refractivity contribution is 5.81. The summed E-state index contributed by atoms with van der Waals surface area (Å²) in [6.07, 6.45) is 0.263. The molecule has 1 amide bonds. The minimum atomic E-state index is -3.13. The van der Waals surface area contributed by atoms with Crippen LogP contribution < -0.4 is 5.32 Å². The fraction of sp³-hybridized carbons (Fsp3) is 0.917. The summed E-state index contributed by atoms with van der Waals surface area (Å²) in [6.45, 7) is 3.97. The number of aliphatic hydroxyl groups excluding tert-OH is 1. The number of likely N-dealkylation sites (tertiary alicyclic amines) is 1. The zero-order chi connectivity index (χ0) is 13.8. The highest BCUT2D eigenvalue weighted by atomic mass is 19.3. The van der Waals surface area contributed by atoms with Crippen molar-refractivity contribution in [1.82, 2.24) is 10.2 Å². The van der Waals surface area contributed by atoms with Crippen molar-refractivity contribution in [3.63, 3.8) is 0 Å². The van der Waals surface area contributed by atoms with Gasteiger partial charge in [0.1, 0.15) is 6.10 Å². The molecule has 18 heavy (non-hydrogen) atoms. The van der Waals surface area contributed by atoms with Crippen molar-refractivity contribution in [3.05, 3.63) is 0 Å². The number of nitrogens with zero attached hydrogens (tertiary/aromatic N) is 1. The van der Waals surface area contributed by atoms with Gasteiger partial charge in [-0.1, -0.05) is 13.3 Å². The first-order valence-corrected chi connectivity index (χ1v) is 6.46. The molecule has 0 aromatic rings. The van der Waals surface area contributed by atoms with E-state index in [1.165, 1.54) is 4.90 Å². The Kier molecular flexibility index (Phi) is 5.47. The van der Waals surface area contributed by atoms with Gasteiger partial charge in [0.25, 0.3) is 5.92 Å². The number of carbonyl (C=O) groups is 1. The van der Waals surface area contributed by atoms with Gasteiger partial charge in [-0.2, -0.15) is 0 Å². The molecule has 1 fully saturated rings. The summed E-state index contributed by atoms with van der Waals surface area (Å²) < 4.78 is 26.7. The number of hydrogen-bond acceptors (Lipinski definition) is 3. The maximum Gasteiger partial charge on any atom is 0.285 e. The third kappa shape index (κ3) is 3.88. The first-order chi connectivity index (χ1) is 8.38. The van der Waals surface area contributed by atoms with Crippen LogP contribution in [0, 0.1) is 0 Å². The molecule has 6 heteroatoms. The minimum absolute atomic E-state index is 0.000417. The Bertz CT molecular complexity index is 287. The average Bonchev–Trinajstić information content (AvgIpc) is 2.32. The van der Waals surface area contributed by atoms with Crippen LogP contribution in [0.5, 0.6) is 0 Å². The zero-order valence-corrected chi connectivity index (χ0v) is 11.0. The molecule has 0 aromatic heterocycles. The van der Waals surface area contributed by atoms with Crippen LogP contribution in [-0.4, -0.2) is 53.6 Å². The number of alkyl halides is 2. The number of halogens is 2. The van der Waals surface area contributed by atoms with Crippen LogP contribution in [0.3, 0.4) is 0 Å². The predicted molar refractivity (Wildman–Crippen MR) is 64.5 cm³/mol. The van der Waals surface area contributed by atoms with E-state index in [1.807, 2.05) is 6.92 Å². The molecular formula is C12H22F2N2O2. The molecule has 2 N–H and O–H groups in total. The summed E-state index contributed by atoms with van der Waals surface area (Å²) in [6, 6.07) is -0.583. The number of hydrogen-bond donors (Lipinski definition) is 2. The molecular weight excluding hydrogens is 242 g/mol. The molecule has 0 spiro atoms. The summed E-state index contributed by atoms with van der Waals surface area (Å²) in [5.41, 5.74) is 0.